The van der Waals surface area contributed by atoms with Gasteiger partial charge in [0.05, 0.1) is 12.2 Å². The van der Waals surface area contributed by atoms with E-state index in [0.717, 1.165) is 5.56 Å². The average Bonchev–Trinajstić information content (AvgIpc) is 2.73. The lowest BCUT2D eigenvalue weighted by molar-refractivity contribution is -0.274. The van der Waals surface area contributed by atoms with Crippen LogP contribution in [0.25, 0.3) is 5.57 Å². The Bertz CT molecular complexity index is 1020. The van der Waals surface area contributed by atoms with E-state index in [9.17, 15) is 13.2 Å². The molecule has 9 heteroatoms. The van der Waals surface area contributed by atoms with E-state index < -0.39 is 6.36 Å². The van der Waals surface area contributed by atoms with Crippen LogP contribution in [-0.2, 0) is 6.54 Å². The molecule has 0 bridgehead atoms. The molecule has 0 unspecified atom stereocenters. The SMILES string of the molecule is NC=C(C=NCc1ccccc1)c1cc(Nc2ccc(OC(F)(F)F)cc2)ncn1. The highest BCUT2D eigenvalue weighted by Crippen LogP contribution is 2.25. The zero-order chi connectivity index (χ0) is 21.4. The first-order valence-corrected chi connectivity index (χ1v) is 8.84. The second kappa shape index (κ2) is 9.55. The molecule has 0 saturated heterocycles. The van der Waals surface area contributed by atoms with Gasteiger partial charge in [0.2, 0.25) is 0 Å². The van der Waals surface area contributed by atoms with E-state index in [4.69, 9.17) is 5.73 Å². The number of hydrogen-bond donors (Lipinski definition) is 2. The number of hydrogen-bond acceptors (Lipinski definition) is 6. The molecular weight excluding hydrogens is 395 g/mol. The lowest BCUT2D eigenvalue weighted by Crippen LogP contribution is -2.16. The van der Waals surface area contributed by atoms with Crippen LogP contribution in [0.1, 0.15) is 11.3 Å². The molecule has 0 spiro atoms. The minimum Gasteiger partial charge on any atom is -0.406 e. The number of nitrogens with zero attached hydrogens (tertiary/aromatic N) is 3. The molecule has 0 aliphatic heterocycles. The van der Waals surface area contributed by atoms with E-state index in [1.165, 1.54) is 36.8 Å². The van der Waals surface area contributed by atoms with Crippen LogP contribution in [0.5, 0.6) is 5.75 Å². The number of anilines is 2. The Kier molecular flexibility index (Phi) is 6.63. The maximum absolute atomic E-state index is 12.2. The largest absolute Gasteiger partial charge is 0.573 e. The summed E-state index contributed by atoms with van der Waals surface area (Å²) in [7, 11) is 0. The highest BCUT2D eigenvalue weighted by atomic mass is 19.4. The van der Waals surface area contributed by atoms with Crippen molar-refractivity contribution in [1.29, 1.82) is 0 Å². The summed E-state index contributed by atoms with van der Waals surface area (Å²) in [5, 5.41) is 2.99. The van der Waals surface area contributed by atoms with Crippen LogP contribution in [0.2, 0.25) is 0 Å². The van der Waals surface area contributed by atoms with Crippen LogP contribution in [0.15, 0.2) is 78.2 Å². The molecule has 1 aromatic heterocycles. The Morgan fingerprint density at radius 1 is 1.07 bits per heavy atom. The summed E-state index contributed by atoms with van der Waals surface area (Å²) in [5.74, 6) is 0.139. The van der Waals surface area contributed by atoms with Gasteiger partial charge in [-0.15, -0.1) is 13.2 Å². The Morgan fingerprint density at radius 2 is 1.80 bits per heavy atom. The first kappa shape index (κ1) is 20.8. The van der Waals surface area contributed by atoms with Gasteiger partial charge in [-0.05, 0) is 29.8 Å². The number of ether oxygens (including phenoxy) is 1. The fourth-order valence-electron chi connectivity index (χ4n) is 2.50. The Labute approximate surface area is 171 Å². The molecule has 0 saturated carbocycles. The van der Waals surface area contributed by atoms with Gasteiger partial charge >= 0.3 is 6.36 Å². The third-order valence-corrected chi connectivity index (χ3v) is 3.85. The summed E-state index contributed by atoms with van der Waals surface area (Å²) in [5.41, 5.74) is 8.46. The quantitative estimate of drug-likeness (QED) is 0.549. The zero-order valence-electron chi connectivity index (χ0n) is 15.7. The van der Waals surface area contributed by atoms with Crippen molar-refractivity contribution < 1.29 is 17.9 Å². The predicted octanol–water partition coefficient (Wildman–Crippen LogP) is 4.69. The van der Waals surface area contributed by atoms with E-state index in [1.54, 1.807) is 12.3 Å². The van der Waals surface area contributed by atoms with Crippen LogP contribution >= 0.6 is 0 Å². The summed E-state index contributed by atoms with van der Waals surface area (Å²) in [6, 6.07) is 16.7. The van der Waals surface area contributed by atoms with Crippen molar-refractivity contribution in [3.05, 3.63) is 84.4 Å². The van der Waals surface area contributed by atoms with Crippen LogP contribution in [0.4, 0.5) is 24.7 Å². The summed E-state index contributed by atoms with van der Waals surface area (Å²) in [4.78, 5) is 12.7. The molecule has 0 radical (unpaired) electrons. The van der Waals surface area contributed by atoms with Crippen molar-refractivity contribution in [2.24, 2.45) is 10.7 Å². The minimum absolute atomic E-state index is 0.306. The van der Waals surface area contributed by atoms with Crippen LogP contribution in [0, 0.1) is 0 Å². The van der Waals surface area contributed by atoms with Crippen LogP contribution in [0.3, 0.4) is 0 Å². The van der Waals surface area contributed by atoms with Gasteiger partial charge in [-0.1, -0.05) is 30.3 Å². The number of halogens is 3. The summed E-state index contributed by atoms with van der Waals surface area (Å²) in [6.07, 6.45) is -0.358. The Morgan fingerprint density at radius 3 is 2.47 bits per heavy atom. The van der Waals surface area contributed by atoms with Gasteiger partial charge in [-0.3, -0.25) is 4.99 Å². The molecule has 0 aliphatic carbocycles. The van der Waals surface area contributed by atoms with Crippen LogP contribution < -0.4 is 15.8 Å². The van der Waals surface area contributed by atoms with Crippen molar-refractivity contribution in [2.45, 2.75) is 12.9 Å². The van der Waals surface area contributed by atoms with Gasteiger partial charge in [0.1, 0.15) is 17.9 Å². The molecule has 3 aromatic rings. The average molecular weight is 413 g/mol. The highest BCUT2D eigenvalue weighted by Gasteiger charge is 2.30. The molecule has 2 aromatic carbocycles. The summed E-state index contributed by atoms with van der Waals surface area (Å²) >= 11 is 0. The molecule has 154 valence electrons. The smallest absolute Gasteiger partial charge is 0.406 e. The van der Waals surface area contributed by atoms with Gasteiger partial charge in [0.25, 0.3) is 0 Å². The Hall–Kier alpha value is -3.88. The van der Waals surface area contributed by atoms with Gasteiger partial charge in [-0.25, -0.2) is 9.97 Å². The van der Waals surface area contributed by atoms with E-state index >= 15 is 0 Å². The molecule has 0 atom stereocenters. The normalized spacial score (nSPS) is 12.2. The predicted molar refractivity (Wildman–Crippen MR) is 109 cm³/mol. The summed E-state index contributed by atoms with van der Waals surface area (Å²) in [6.45, 7) is 0.501. The number of alkyl halides is 3. The number of nitrogens with one attached hydrogen (secondary N) is 1. The molecule has 1 heterocycles. The number of aliphatic imine (C=N–C) groups is 1. The van der Waals surface area contributed by atoms with E-state index in [2.05, 4.69) is 25.0 Å². The number of allylic oxidation sites excluding steroid dienone is 1. The van der Waals surface area contributed by atoms with Crippen molar-refractivity contribution in [3.63, 3.8) is 0 Å². The van der Waals surface area contributed by atoms with Crippen molar-refractivity contribution in [2.75, 3.05) is 5.32 Å². The standard InChI is InChI=1S/C21H18F3N5O/c22-21(23,24)30-18-8-6-17(7-9-18)29-20-10-19(27-14-28-20)16(11-25)13-26-12-15-4-2-1-3-5-15/h1-11,13-14H,12,25H2,(H,27,28,29). The molecule has 3 rings (SSSR count). The molecule has 3 N–H and O–H groups in total. The lowest BCUT2D eigenvalue weighted by atomic mass is 10.2. The highest BCUT2D eigenvalue weighted by molar-refractivity contribution is 6.09. The molecule has 0 fully saturated rings. The fraction of sp³-hybridized carbons (Fsp3) is 0.0952. The second-order valence-electron chi connectivity index (χ2n) is 6.06. The van der Waals surface area contributed by atoms with E-state index in [1.807, 2.05) is 30.3 Å². The zero-order valence-corrected chi connectivity index (χ0v) is 15.7. The molecular formula is C21H18F3N5O. The number of benzene rings is 2. The minimum atomic E-state index is -4.73. The topological polar surface area (TPSA) is 85.4 Å². The molecule has 0 aliphatic rings. The first-order valence-electron chi connectivity index (χ1n) is 8.84. The van der Waals surface area contributed by atoms with Crippen molar-refractivity contribution in [3.8, 4) is 5.75 Å². The maximum Gasteiger partial charge on any atom is 0.573 e. The second-order valence-corrected chi connectivity index (χ2v) is 6.06. The van der Waals surface area contributed by atoms with Gasteiger partial charge in [0.15, 0.2) is 0 Å². The van der Waals surface area contributed by atoms with Gasteiger partial charge in [0, 0.05) is 29.7 Å². The maximum atomic E-state index is 12.2. The monoisotopic (exact) mass is 413 g/mol. The van der Waals surface area contributed by atoms with E-state index in [0.29, 0.717) is 29.3 Å². The molecule has 30 heavy (non-hydrogen) atoms. The third-order valence-electron chi connectivity index (χ3n) is 3.85. The lowest BCUT2D eigenvalue weighted by Gasteiger charge is -2.10. The van der Waals surface area contributed by atoms with Gasteiger partial charge < -0.3 is 15.8 Å². The number of nitrogens with two attached hydrogens (primary N) is 1. The number of aromatic nitrogens is 2. The van der Waals surface area contributed by atoms with Gasteiger partial charge in [-0.2, -0.15) is 0 Å². The van der Waals surface area contributed by atoms with E-state index in [-0.39, 0.29) is 5.75 Å². The van der Waals surface area contributed by atoms with Crippen molar-refractivity contribution >= 4 is 23.3 Å². The third kappa shape index (κ3) is 6.33. The Balaban J connectivity index is 1.67. The fourth-order valence-corrected chi connectivity index (χ4v) is 2.50. The summed E-state index contributed by atoms with van der Waals surface area (Å²) < 4.78 is 40.6. The molecule has 6 nitrogen and oxygen atoms in total. The number of rotatable bonds is 7. The van der Waals surface area contributed by atoms with Crippen LogP contribution in [-0.4, -0.2) is 22.5 Å². The first-order chi connectivity index (χ1) is 14.4. The van der Waals surface area contributed by atoms with Crippen molar-refractivity contribution in [1.82, 2.24) is 9.97 Å². The molecule has 0 amide bonds.